The molecule has 0 spiro atoms. The molecule has 1 aliphatic heterocycles. The lowest BCUT2D eigenvalue weighted by atomic mass is 10.1. The normalized spacial score (nSPS) is 15.3. The zero-order valence-corrected chi connectivity index (χ0v) is 17.9. The molecule has 0 amide bonds. The molecular formula is C23H22FN5OS. The number of piperidine rings is 1. The molecule has 8 heteroatoms. The number of ether oxygens (including phenoxy) is 1. The molecule has 1 aliphatic rings. The van der Waals surface area contributed by atoms with Crippen molar-refractivity contribution in [1.29, 1.82) is 0 Å². The largest absolute Gasteiger partial charge is 0.490 e. The van der Waals surface area contributed by atoms with E-state index in [0.29, 0.717) is 11.6 Å². The summed E-state index contributed by atoms with van der Waals surface area (Å²) in [6.45, 7) is 2.04. The maximum atomic E-state index is 13.5. The number of anilines is 2. The Hall–Kier alpha value is -3.10. The number of rotatable bonds is 5. The number of hydrogen-bond acceptors (Lipinski definition) is 7. The second-order valence-electron chi connectivity index (χ2n) is 7.73. The van der Waals surface area contributed by atoms with E-state index in [-0.39, 0.29) is 11.9 Å². The molecule has 1 saturated heterocycles. The molecule has 1 N–H and O–H groups in total. The zero-order chi connectivity index (χ0) is 21.2. The van der Waals surface area contributed by atoms with Gasteiger partial charge in [0, 0.05) is 47.4 Å². The monoisotopic (exact) mass is 435 g/mol. The first-order valence-electron chi connectivity index (χ1n) is 10.2. The standard InChI is InChI=1S/C23H22FN5OS/c1-29-7-5-18(6-8-29)30-22-11-20-15(9-19(22)21-13-31-14-26-21)12-25-23(28-20)27-17-4-2-3-16(24)10-17/h2-4,9-14,18H,5-8H2,1H3,(H,25,27,28). The van der Waals surface area contributed by atoms with Gasteiger partial charge in [-0.3, -0.25) is 0 Å². The summed E-state index contributed by atoms with van der Waals surface area (Å²) in [5.74, 6) is 0.876. The van der Waals surface area contributed by atoms with Gasteiger partial charge in [0.15, 0.2) is 0 Å². The van der Waals surface area contributed by atoms with Gasteiger partial charge in [-0.15, -0.1) is 11.3 Å². The highest BCUT2D eigenvalue weighted by Crippen LogP contribution is 2.35. The molecule has 0 radical (unpaired) electrons. The molecule has 6 nitrogen and oxygen atoms in total. The lowest BCUT2D eigenvalue weighted by Gasteiger charge is -2.30. The van der Waals surface area contributed by atoms with Gasteiger partial charge in [0.25, 0.3) is 0 Å². The van der Waals surface area contributed by atoms with E-state index in [1.807, 2.05) is 23.0 Å². The summed E-state index contributed by atoms with van der Waals surface area (Å²) in [4.78, 5) is 15.8. The topological polar surface area (TPSA) is 63.2 Å². The Morgan fingerprint density at radius 2 is 2.03 bits per heavy atom. The summed E-state index contributed by atoms with van der Waals surface area (Å²) in [5, 5.41) is 5.97. The fourth-order valence-corrected chi connectivity index (χ4v) is 4.29. The van der Waals surface area contributed by atoms with E-state index in [4.69, 9.17) is 4.74 Å². The average molecular weight is 436 g/mol. The van der Waals surface area contributed by atoms with Crippen molar-refractivity contribution in [3.63, 3.8) is 0 Å². The maximum Gasteiger partial charge on any atom is 0.227 e. The third-order valence-corrected chi connectivity index (χ3v) is 6.02. The number of nitrogens with zero attached hydrogens (tertiary/aromatic N) is 4. The lowest BCUT2D eigenvalue weighted by Crippen LogP contribution is -2.35. The number of halogens is 1. The van der Waals surface area contributed by atoms with Crippen LogP contribution >= 0.6 is 11.3 Å². The molecule has 0 saturated carbocycles. The zero-order valence-electron chi connectivity index (χ0n) is 17.1. The van der Waals surface area contributed by atoms with E-state index in [9.17, 15) is 4.39 Å². The Morgan fingerprint density at radius 3 is 2.81 bits per heavy atom. The molecule has 0 unspecified atom stereocenters. The molecule has 1 fully saturated rings. The van der Waals surface area contributed by atoms with Crippen molar-refractivity contribution in [3.05, 3.63) is 59.3 Å². The van der Waals surface area contributed by atoms with Gasteiger partial charge in [0.05, 0.1) is 16.7 Å². The van der Waals surface area contributed by atoms with E-state index in [0.717, 1.165) is 53.8 Å². The van der Waals surface area contributed by atoms with Gasteiger partial charge < -0.3 is 15.0 Å². The van der Waals surface area contributed by atoms with Crippen molar-refractivity contribution in [2.75, 3.05) is 25.5 Å². The Kier molecular flexibility index (Phi) is 5.48. The van der Waals surface area contributed by atoms with E-state index in [2.05, 4.69) is 32.2 Å². The molecule has 3 heterocycles. The van der Waals surface area contributed by atoms with Crippen molar-refractivity contribution < 1.29 is 9.13 Å². The summed E-state index contributed by atoms with van der Waals surface area (Å²) >= 11 is 1.55. The van der Waals surface area contributed by atoms with Crippen molar-refractivity contribution in [2.45, 2.75) is 18.9 Å². The third-order valence-electron chi connectivity index (χ3n) is 5.43. The minimum Gasteiger partial charge on any atom is -0.490 e. The number of fused-ring (bicyclic) bond motifs is 1. The minimum atomic E-state index is -0.312. The first-order chi connectivity index (χ1) is 15.1. The Balaban J connectivity index is 1.50. The number of thiazole rings is 1. The molecule has 2 aromatic carbocycles. The summed E-state index contributed by atoms with van der Waals surface area (Å²) in [6, 6.07) is 10.2. The van der Waals surface area contributed by atoms with Crippen LogP contribution < -0.4 is 10.1 Å². The van der Waals surface area contributed by atoms with Crippen LogP contribution in [0.15, 0.2) is 53.5 Å². The molecule has 0 bridgehead atoms. The highest BCUT2D eigenvalue weighted by molar-refractivity contribution is 7.07. The fraction of sp³-hybridized carbons (Fsp3) is 0.261. The van der Waals surface area contributed by atoms with Gasteiger partial charge in [-0.2, -0.15) is 0 Å². The number of nitrogens with one attached hydrogen (secondary N) is 1. The van der Waals surface area contributed by atoms with Crippen LogP contribution in [0.4, 0.5) is 16.0 Å². The molecule has 31 heavy (non-hydrogen) atoms. The number of hydrogen-bond donors (Lipinski definition) is 1. The molecule has 5 rings (SSSR count). The van der Waals surface area contributed by atoms with Crippen molar-refractivity contribution in [1.82, 2.24) is 19.9 Å². The summed E-state index contributed by atoms with van der Waals surface area (Å²) in [5.41, 5.74) is 5.01. The second kappa shape index (κ2) is 8.56. The third kappa shape index (κ3) is 4.50. The van der Waals surface area contributed by atoms with Gasteiger partial charge in [-0.05, 0) is 44.2 Å². The SMILES string of the molecule is CN1CCC(Oc2cc3nc(Nc4cccc(F)c4)ncc3cc2-c2cscn2)CC1. The lowest BCUT2D eigenvalue weighted by molar-refractivity contribution is 0.115. The van der Waals surface area contributed by atoms with Gasteiger partial charge in [-0.1, -0.05) is 6.07 Å². The van der Waals surface area contributed by atoms with E-state index in [1.54, 1.807) is 29.7 Å². The highest BCUT2D eigenvalue weighted by Gasteiger charge is 2.21. The van der Waals surface area contributed by atoms with Gasteiger partial charge >= 0.3 is 0 Å². The molecule has 158 valence electrons. The van der Waals surface area contributed by atoms with E-state index >= 15 is 0 Å². The van der Waals surface area contributed by atoms with Crippen LogP contribution in [-0.4, -0.2) is 46.1 Å². The minimum absolute atomic E-state index is 0.165. The molecule has 0 aliphatic carbocycles. The Bertz CT molecular complexity index is 1190. The van der Waals surface area contributed by atoms with Crippen LogP contribution in [0.1, 0.15) is 12.8 Å². The van der Waals surface area contributed by atoms with Crippen LogP contribution in [0.25, 0.3) is 22.2 Å². The molecule has 0 atom stereocenters. The van der Waals surface area contributed by atoms with Crippen LogP contribution in [0.5, 0.6) is 5.75 Å². The summed E-state index contributed by atoms with van der Waals surface area (Å²) < 4.78 is 19.9. The maximum absolute atomic E-state index is 13.5. The second-order valence-corrected chi connectivity index (χ2v) is 8.45. The van der Waals surface area contributed by atoms with Crippen LogP contribution in [0.2, 0.25) is 0 Å². The van der Waals surface area contributed by atoms with E-state index < -0.39 is 0 Å². The first-order valence-corrected chi connectivity index (χ1v) is 11.2. The Morgan fingerprint density at radius 1 is 1.16 bits per heavy atom. The summed E-state index contributed by atoms with van der Waals surface area (Å²) in [7, 11) is 2.14. The predicted molar refractivity (Wildman–Crippen MR) is 121 cm³/mol. The number of aromatic nitrogens is 3. The van der Waals surface area contributed by atoms with Crippen molar-refractivity contribution in [2.24, 2.45) is 0 Å². The quantitative estimate of drug-likeness (QED) is 0.470. The van der Waals surface area contributed by atoms with Crippen LogP contribution in [-0.2, 0) is 0 Å². The Labute approximate surface area is 183 Å². The highest BCUT2D eigenvalue weighted by atomic mass is 32.1. The van der Waals surface area contributed by atoms with Gasteiger partial charge in [-0.25, -0.2) is 19.3 Å². The number of likely N-dealkylation sites (tertiary alicyclic amines) is 1. The van der Waals surface area contributed by atoms with E-state index in [1.165, 1.54) is 12.1 Å². The van der Waals surface area contributed by atoms with Crippen molar-refractivity contribution in [3.8, 4) is 17.0 Å². The molecule has 4 aromatic rings. The molecular weight excluding hydrogens is 413 g/mol. The van der Waals surface area contributed by atoms with Crippen LogP contribution in [0, 0.1) is 5.82 Å². The summed E-state index contributed by atoms with van der Waals surface area (Å²) in [6.07, 6.45) is 3.90. The molecule has 2 aromatic heterocycles. The average Bonchev–Trinajstić information content (AvgIpc) is 3.30. The number of benzene rings is 2. The fourth-order valence-electron chi connectivity index (χ4n) is 3.74. The smallest absolute Gasteiger partial charge is 0.227 e. The van der Waals surface area contributed by atoms with Gasteiger partial charge in [0.1, 0.15) is 17.7 Å². The van der Waals surface area contributed by atoms with Crippen molar-refractivity contribution >= 4 is 33.9 Å². The predicted octanol–water partition coefficient (Wildman–Crippen LogP) is 5.11. The van der Waals surface area contributed by atoms with Gasteiger partial charge in [0.2, 0.25) is 5.95 Å². The first kappa shape index (κ1) is 19.8. The van der Waals surface area contributed by atoms with Crippen LogP contribution in [0.3, 0.4) is 0 Å².